The fourth-order valence-corrected chi connectivity index (χ4v) is 1.49. The fourth-order valence-electron chi connectivity index (χ4n) is 0.639. The van der Waals surface area contributed by atoms with Gasteiger partial charge >= 0.3 is 0 Å². The summed E-state index contributed by atoms with van der Waals surface area (Å²) in [6.07, 6.45) is 0. The standard InChI is InChI=1S/C5H2OS/c6-5-3-1-4(5)7-2-3/h1-2H. The zero-order valence-electron chi connectivity index (χ0n) is 3.47. The zero-order chi connectivity index (χ0) is 4.85. The SMILES string of the molecule is O=C1c2csc1c2. The van der Waals surface area contributed by atoms with Gasteiger partial charge in [-0.3, -0.25) is 4.79 Å². The van der Waals surface area contributed by atoms with Gasteiger partial charge in [0.25, 0.3) is 0 Å². The highest BCUT2D eigenvalue weighted by Gasteiger charge is 2.21. The minimum absolute atomic E-state index is 0.241. The van der Waals surface area contributed by atoms with E-state index in [1.54, 1.807) is 0 Å². The van der Waals surface area contributed by atoms with E-state index < -0.39 is 0 Å². The molecule has 1 aromatic heterocycles. The van der Waals surface area contributed by atoms with E-state index in [1.807, 2.05) is 11.4 Å². The van der Waals surface area contributed by atoms with Gasteiger partial charge in [0.2, 0.25) is 5.78 Å². The summed E-state index contributed by atoms with van der Waals surface area (Å²) in [7, 11) is 0. The Kier molecular flexibility index (Phi) is 0.383. The quantitative estimate of drug-likeness (QED) is 0.499. The van der Waals surface area contributed by atoms with Crippen LogP contribution in [0.15, 0.2) is 11.4 Å². The molecule has 1 aromatic rings. The summed E-state index contributed by atoms with van der Waals surface area (Å²) < 4.78 is 0. The third-order valence-corrected chi connectivity index (χ3v) is 2.01. The number of hydrogen-bond acceptors (Lipinski definition) is 2. The van der Waals surface area contributed by atoms with E-state index in [9.17, 15) is 4.79 Å². The molecule has 1 aliphatic heterocycles. The molecule has 7 heavy (non-hydrogen) atoms. The molecule has 0 unspecified atom stereocenters. The molecular formula is C5H2OS. The highest BCUT2D eigenvalue weighted by Crippen LogP contribution is 2.27. The van der Waals surface area contributed by atoms with Crippen LogP contribution >= 0.6 is 11.3 Å². The van der Waals surface area contributed by atoms with Crippen molar-refractivity contribution >= 4 is 17.1 Å². The highest BCUT2D eigenvalue weighted by molar-refractivity contribution is 7.14. The molecule has 0 amide bonds. The number of carbonyl (C=O) groups is 1. The molecule has 0 radical (unpaired) electrons. The van der Waals surface area contributed by atoms with Gasteiger partial charge in [0.05, 0.1) is 4.88 Å². The van der Waals surface area contributed by atoms with Gasteiger partial charge in [-0.25, -0.2) is 0 Å². The summed E-state index contributed by atoms with van der Waals surface area (Å²) in [5, 5.41) is 1.89. The first-order valence-corrected chi connectivity index (χ1v) is 2.89. The maximum Gasteiger partial charge on any atom is 0.203 e. The third kappa shape index (κ3) is 0.228. The monoisotopic (exact) mass is 110 g/mol. The van der Waals surface area contributed by atoms with Crippen molar-refractivity contribution in [3.8, 4) is 0 Å². The second-order valence-electron chi connectivity index (χ2n) is 1.53. The van der Waals surface area contributed by atoms with Crippen LogP contribution in [0.25, 0.3) is 0 Å². The summed E-state index contributed by atoms with van der Waals surface area (Å²) in [4.78, 5) is 11.4. The van der Waals surface area contributed by atoms with Crippen LogP contribution in [-0.2, 0) is 0 Å². The molecule has 0 spiro atoms. The number of ketones is 1. The summed E-state index contributed by atoms with van der Waals surface area (Å²) in [6, 6.07) is 1.91. The van der Waals surface area contributed by atoms with Crippen molar-refractivity contribution in [1.29, 1.82) is 0 Å². The predicted molar refractivity (Wildman–Crippen MR) is 27.8 cm³/mol. The van der Waals surface area contributed by atoms with E-state index in [0.717, 1.165) is 10.4 Å². The van der Waals surface area contributed by atoms with E-state index in [4.69, 9.17) is 0 Å². The molecule has 2 heteroatoms. The van der Waals surface area contributed by atoms with Crippen molar-refractivity contribution in [2.24, 2.45) is 0 Å². The van der Waals surface area contributed by atoms with E-state index in [1.165, 1.54) is 11.3 Å². The van der Waals surface area contributed by atoms with Gasteiger partial charge in [0.1, 0.15) is 0 Å². The first kappa shape index (κ1) is 3.38. The van der Waals surface area contributed by atoms with Crippen LogP contribution in [0.4, 0.5) is 0 Å². The molecule has 0 saturated carbocycles. The number of fused-ring (bicyclic) bond motifs is 1. The van der Waals surface area contributed by atoms with Gasteiger partial charge in [0, 0.05) is 10.9 Å². The average molecular weight is 110 g/mol. The Morgan fingerprint density at radius 2 is 2.43 bits per heavy atom. The van der Waals surface area contributed by atoms with Crippen LogP contribution in [0.2, 0.25) is 0 Å². The molecule has 2 aliphatic rings. The van der Waals surface area contributed by atoms with Gasteiger partial charge in [-0.2, -0.15) is 0 Å². The summed E-state index contributed by atoms with van der Waals surface area (Å²) in [5.41, 5.74) is 0.889. The topological polar surface area (TPSA) is 17.1 Å². The summed E-state index contributed by atoms with van der Waals surface area (Å²) >= 11 is 1.53. The fraction of sp³-hybridized carbons (Fsp3) is 0. The second kappa shape index (κ2) is 0.793. The van der Waals surface area contributed by atoms with Gasteiger partial charge in [-0.15, -0.1) is 11.3 Å². The van der Waals surface area contributed by atoms with Crippen molar-refractivity contribution in [3.05, 3.63) is 21.9 Å². The van der Waals surface area contributed by atoms with E-state index >= 15 is 0 Å². The smallest absolute Gasteiger partial charge is 0.203 e. The maximum atomic E-state index is 10.5. The Balaban J connectivity index is 2.91. The summed E-state index contributed by atoms with van der Waals surface area (Å²) in [5.74, 6) is 0.241. The Morgan fingerprint density at radius 1 is 1.57 bits per heavy atom. The Bertz CT molecular complexity index is 196. The highest BCUT2D eigenvalue weighted by atomic mass is 32.1. The minimum Gasteiger partial charge on any atom is -0.288 e. The van der Waals surface area contributed by atoms with Crippen molar-refractivity contribution in [2.45, 2.75) is 0 Å². The molecule has 2 heterocycles. The molecule has 3 rings (SSSR count). The first-order valence-electron chi connectivity index (χ1n) is 2.01. The minimum atomic E-state index is 0.241. The van der Waals surface area contributed by atoms with Crippen LogP contribution in [-0.4, -0.2) is 5.78 Å². The number of rotatable bonds is 0. The van der Waals surface area contributed by atoms with Crippen LogP contribution in [0, 0.1) is 0 Å². The van der Waals surface area contributed by atoms with Gasteiger partial charge in [0.15, 0.2) is 0 Å². The molecule has 0 N–H and O–H groups in total. The number of carbonyl (C=O) groups excluding carboxylic acids is 1. The van der Waals surface area contributed by atoms with E-state index in [-0.39, 0.29) is 5.78 Å². The summed E-state index contributed by atoms with van der Waals surface area (Å²) in [6.45, 7) is 0. The molecule has 2 bridgehead atoms. The van der Waals surface area contributed by atoms with Crippen LogP contribution in [0.1, 0.15) is 15.2 Å². The molecule has 0 aromatic carbocycles. The van der Waals surface area contributed by atoms with Crippen molar-refractivity contribution in [2.75, 3.05) is 0 Å². The Hall–Kier alpha value is -0.630. The molecule has 1 aliphatic carbocycles. The Morgan fingerprint density at radius 3 is 2.57 bits per heavy atom. The van der Waals surface area contributed by atoms with Gasteiger partial charge < -0.3 is 0 Å². The van der Waals surface area contributed by atoms with Crippen molar-refractivity contribution in [3.63, 3.8) is 0 Å². The predicted octanol–water partition coefficient (Wildman–Crippen LogP) is 1.29. The molecule has 0 saturated heterocycles. The molecule has 1 nitrogen and oxygen atoms in total. The molecule has 0 atom stereocenters. The number of hydrogen-bond donors (Lipinski definition) is 0. The maximum absolute atomic E-state index is 10.5. The molecular weight excluding hydrogens is 108 g/mol. The average Bonchev–Trinajstić information content (AvgIpc) is 2.18. The first-order chi connectivity index (χ1) is 3.38. The van der Waals surface area contributed by atoms with Crippen molar-refractivity contribution in [1.82, 2.24) is 0 Å². The van der Waals surface area contributed by atoms with Crippen LogP contribution < -0.4 is 0 Å². The molecule has 0 fully saturated rings. The normalized spacial score (nSPS) is 14.0. The van der Waals surface area contributed by atoms with Crippen LogP contribution in [0.3, 0.4) is 0 Å². The zero-order valence-corrected chi connectivity index (χ0v) is 4.29. The van der Waals surface area contributed by atoms with Crippen LogP contribution in [0.5, 0.6) is 0 Å². The third-order valence-electron chi connectivity index (χ3n) is 1.09. The lowest BCUT2D eigenvalue weighted by Gasteiger charge is -1.96. The van der Waals surface area contributed by atoms with Crippen molar-refractivity contribution < 1.29 is 4.79 Å². The largest absolute Gasteiger partial charge is 0.288 e. The van der Waals surface area contributed by atoms with Gasteiger partial charge in [-0.1, -0.05) is 0 Å². The van der Waals surface area contributed by atoms with E-state index in [0.29, 0.717) is 0 Å². The Labute approximate surface area is 44.6 Å². The second-order valence-corrected chi connectivity index (χ2v) is 2.44. The molecule has 34 valence electrons. The van der Waals surface area contributed by atoms with Gasteiger partial charge in [-0.05, 0) is 6.07 Å². The lowest BCUT2D eigenvalue weighted by Crippen LogP contribution is -2.02. The lowest BCUT2D eigenvalue weighted by atomic mass is 10.1. The van der Waals surface area contributed by atoms with E-state index in [2.05, 4.69) is 0 Å². The lowest BCUT2D eigenvalue weighted by molar-refractivity contribution is 0.103. The number of thiophene rings is 1.